The summed E-state index contributed by atoms with van der Waals surface area (Å²) in [5, 5.41) is 8.30. The zero-order valence-electron chi connectivity index (χ0n) is 13.8. The number of hydrogen-bond donors (Lipinski definition) is 1. The molecular formula is C13H31N5S2. The topological polar surface area (TPSA) is 25.0 Å². The van der Waals surface area contributed by atoms with Gasteiger partial charge in [-0.1, -0.05) is 35.4 Å². The van der Waals surface area contributed by atoms with Gasteiger partial charge in [-0.2, -0.15) is 0 Å². The highest BCUT2D eigenvalue weighted by Gasteiger charge is 2.32. The first kappa shape index (κ1) is 18.5. The summed E-state index contributed by atoms with van der Waals surface area (Å²) >= 11 is 0. The fraction of sp³-hybridized carbons (Fsp3) is 1.00. The van der Waals surface area contributed by atoms with E-state index in [9.17, 15) is 0 Å². The molecule has 7 heteroatoms. The van der Waals surface area contributed by atoms with Crippen molar-refractivity contribution in [3.63, 3.8) is 0 Å². The van der Waals surface area contributed by atoms with E-state index in [1.807, 2.05) is 21.6 Å². The lowest BCUT2D eigenvalue weighted by molar-refractivity contribution is -0.00354. The van der Waals surface area contributed by atoms with Gasteiger partial charge < -0.3 is 4.90 Å². The van der Waals surface area contributed by atoms with E-state index in [0.29, 0.717) is 11.0 Å². The third kappa shape index (κ3) is 5.71. The summed E-state index contributed by atoms with van der Waals surface area (Å²) in [6, 6.07) is 0. The van der Waals surface area contributed by atoms with Crippen molar-refractivity contribution < 1.29 is 0 Å². The zero-order chi connectivity index (χ0) is 15.1. The van der Waals surface area contributed by atoms with Gasteiger partial charge in [-0.3, -0.25) is 10.2 Å². The number of hydrazine groups is 1. The quantitative estimate of drug-likeness (QED) is 0.509. The Labute approximate surface area is 132 Å². The molecule has 2 atom stereocenters. The van der Waals surface area contributed by atoms with Crippen LogP contribution in [-0.2, 0) is 0 Å². The van der Waals surface area contributed by atoms with Crippen molar-refractivity contribution in [2.45, 2.75) is 31.3 Å². The average molecular weight is 322 g/mol. The van der Waals surface area contributed by atoms with Crippen LogP contribution in [0.25, 0.3) is 0 Å². The van der Waals surface area contributed by atoms with Crippen LogP contribution in [0.5, 0.6) is 0 Å². The van der Waals surface area contributed by atoms with Crippen LogP contribution in [0.2, 0.25) is 0 Å². The Morgan fingerprint density at radius 2 is 1.50 bits per heavy atom. The number of nitrogens with one attached hydrogen (secondary N) is 1. The average Bonchev–Trinajstić information content (AvgIpc) is 2.88. The molecule has 120 valence electrons. The van der Waals surface area contributed by atoms with Crippen molar-refractivity contribution >= 4 is 21.6 Å². The van der Waals surface area contributed by atoms with Crippen LogP contribution >= 0.6 is 21.6 Å². The van der Waals surface area contributed by atoms with Crippen molar-refractivity contribution in [2.75, 3.05) is 54.4 Å². The predicted octanol–water partition coefficient (Wildman–Crippen LogP) is 1.61. The van der Waals surface area contributed by atoms with Gasteiger partial charge in [0.05, 0.1) is 0 Å². The SMILES string of the molecule is CCN(CC)CCCN(C1NC(N(C)C)SS1)N(C)C. The summed E-state index contributed by atoms with van der Waals surface area (Å²) in [7, 11) is 12.3. The second-order valence-electron chi connectivity index (χ2n) is 5.42. The molecule has 20 heavy (non-hydrogen) atoms. The fourth-order valence-corrected chi connectivity index (χ4v) is 5.19. The maximum Gasteiger partial charge on any atom is 0.133 e. The molecule has 0 aromatic rings. The monoisotopic (exact) mass is 321 g/mol. The number of nitrogens with zero attached hydrogens (tertiary/aromatic N) is 4. The molecule has 1 saturated heterocycles. The molecule has 0 radical (unpaired) electrons. The maximum atomic E-state index is 3.66. The van der Waals surface area contributed by atoms with Crippen LogP contribution < -0.4 is 5.32 Å². The minimum atomic E-state index is 0.360. The molecule has 0 aliphatic carbocycles. The molecule has 1 fully saturated rings. The van der Waals surface area contributed by atoms with Crippen LogP contribution in [0.4, 0.5) is 0 Å². The van der Waals surface area contributed by atoms with Gasteiger partial charge in [0.15, 0.2) is 0 Å². The highest BCUT2D eigenvalue weighted by atomic mass is 33.1. The highest BCUT2D eigenvalue weighted by molar-refractivity contribution is 8.77. The van der Waals surface area contributed by atoms with Crippen LogP contribution in [0.1, 0.15) is 20.3 Å². The highest BCUT2D eigenvalue weighted by Crippen LogP contribution is 2.38. The van der Waals surface area contributed by atoms with Crippen molar-refractivity contribution in [2.24, 2.45) is 0 Å². The van der Waals surface area contributed by atoms with E-state index in [1.165, 1.54) is 13.0 Å². The molecule has 0 spiro atoms. The van der Waals surface area contributed by atoms with Gasteiger partial charge >= 0.3 is 0 Å². The molecule has 0 saturated carbocycles. The van der Waals surface area contributed by atoms with E-state index >= 15 is 0 Å². The van der Waals surface area contributed by atoms with Gasteiger partial charge in [0, 0.05) is 20.6 Å². The first-order chi connectivity index (χ1) is 9.49. The van der Waals surface area contributed by atoms with Gasteiger partial charge in [0.2, 0.25) is 0 Å². The van der Waals surface area contributed by atoms with Crippen molar-refractivity contribution in [1.29, 1.82) is 0 Å². The third-order valence-corrected chi connectivity index (χ3v) is 6.37. The predicted molar refractivity (Wildman–Crippen MR) is 92.4 cm³/mol. The smallest absolute Gasteiger partial charge is 0.133 e. The summed E-state index contributed by atoms with van der Waals surface area (Å²) in [6.45, 7) is 9.04. The van der Waals surface area contributed by atoms with E-state index in [2.05, 4.69) is 67.2 Å². The van der Waals surface area contributed by atoms with Gasteiger partial charge in [-0.15, -0.1) is 0 Å². The van der Waals surface area contributed by atoms with E-state index in [0.717, 1.165) is 19.6 Å². The zero-order valence-corrected chi connectivity index (χ0v) is 15.4. The van der Waals surface area contributed by atoms with Gasteiger partial charge in [-0.05, 0) is 40.2 Å². The molecule has 1 heterocycles. The number of hydrogen-bond acceptors (Lipinski definition) is 7. The summed E-state index contributed by atoms with van der Waals surface area (Å²) in [5.41, 5.74) is 0.759. The van der Waals surface area contributed by atoms with Crippen LogP contribution in [0.3, 0.4) is 0 Å². The molecule has 0 aromatic heterocycles. The van der Waals surface area contributed by atoms with Gasteiger partial charge in [0.1, 0.15) is 11.0 Å². The molecule has 0 bridgehead atoms. The summed E-state index contributed by atoms with van der Waals surface area (Å²) < 4.78 is 0. The van der Waals surface area contributed by atoms with Crippen LogP contribution in [0, 0.1) is 0 Å². The second-order valence-corrected chi connectivity index (χ2v) is 7.85. The Hall–Kier alpha value is 0.500. The summed E-state index contributed by atoms with van der Waals surface area (Å²) in [5.74, 6) is 0. The molecule has 0 amide bonds. The maximum absolute atomic E-state index is 3.66. The van der Waals surface area contributed by atoms with E-state index in [-0.39, 0.29) is 0 Å². The Morgan fingerprint density at radius 1 is 0.900 bits per heavy atom. The van der Waals surface area contributed by atoms with Crippen LogP contribution in [0.15, 0.2) is 0 Å². The molecule has 2 unspecified atom stereocenters. The molecule has 5 nitrogen and oxygen atoms in total. The molecule has 0 aromatic carbocycles. The van der Waals surface area contributed by atoms with E-state index in [1.54, 1.807) is 0 Å². The minimum absolute atomic E-state index is 0.360. The summed E-state index contributed by atoms with van der Waals surface area (Å²) in [4.78, 5) is 4.71. The van der Waals surface area contributed by atoms with E-state index < -0.39 is 0 Å². The molecule has 1 aliphatic rings. The van der Waals surface area contributed by atoms with E-state index in [4.69, 9.17) is 0 Å². The fourth-order valence-electron chi connectivity index (χ4n) is 2.18. The Balaban J connectivity index is 2.41. The molecule has 1 N–H and O–H groups in total. The number of rotatable bonds is 9. The van der Waals surface area contributed by atoms with Gasteiger partial charge in [-0.25, -0.2) is 10.0 Å². The summed E-state index contributed by atoms with van der Waals surface area (Å²) in [6.07, 6.45) is 1.20. The van der Waals surface area contributed by atoms with Crippen molar-refractivity contribution in [1.82, 2.24) is 25.1 Å². The first-order valence-corrected chi connectivity index (χ1v) is 9.68. The van der Waals surface area contributed by atoms with Crippen LogP contribution in [-0.4, -0.2) is 85.2 Å². The lowest BCUT2D eigenvalue weighted by atomic mass is 10.3. The first-order valence-electron chi connectivity index (χ1n) is 7.40. The van der Waals surface area contributed by atoms with Crippen molar-refractivity contribution in [3.05, 3.63) is 0 Å². The molecule has 1 rings (SSSR count). The normalized spacial score (nSPS) is 23.7. The third-order valence-electron chi connectivity index (χ3n) is 3.53. The van der Waals surface area contributed by atoms with Gasteiger partial charge in [0.25, 0.3) is 0 Å². The van der Waals surface area contributed by atoms with Crippen molar-refractivity contribution in [3.8, 4) is 0 Å². The Kier molecular flexibility index (Phi) is 8.81. The Morgan fingerprint density at radius 3 is 1.95 bits per heavy atom. The lowest BCUT2D eigenvalue weighted by Crippen LogP contribution is -2.52. The largest absolute Gasteiger partial charge is 0.304 e. The lowest BCUT2D eigenvalue weighted by Gasteiger charge is -2.34. The molecule has 1 aliphatic heterocycles. The second kappa shape index (κ2) is 9.50. The Bertz CT molecular complexity index is 261. The molecular weight excluding hydrogens is 290 g/mol. The minimum Gasteiger partial charge on any atom is -0.304 e. The standard InChI is InChI=1S/C13H31N5S2/c1-7-17(8-2)10-9-11-18(16(5)6)13-14-12(15(3)4)19-20-13/h12-14H,7-11H2,1-6H3.